The maximum Gasteiger partial charge on any atom is 0.248 e. The lowest BCUT2D eigenvalue weighted by Crippen LogP contribution is -2.32. The van der Waals surface area contributed by atoms with E-state index in [1.54, 1.807) is 12.1 Å². The molecule has 0 radical (unpaired) electrons. The van der Waals surface area contributed by atoms with E-state index in [9.17, 15) is 19.8 Å². The SMILES string of the molecule is C[C@H](Cc1cccc(CC(=O)NCc2ccccc2)c1)NC[C@H](O)c1ccc(O)c2[nH]c(=O)ccc12. The van der Waals surface area contributed by atoms with Crippen LogP contribution in [0, 0.1) is 0 Å². The van der Waals surface area contributed by atoms with Gasteiger partial charge in [0.25, 0.3) is 0 Å². The maximum atomic E-state index is 12.4. The van der Waals surface area contributed by atoms with Crippen molar-refractivity contribution in [1.29, 1.82) is 0 Å². The molecule has 1 aromatic heterocycles. The summed E-state index contributed by atoms with van der Waals surface area (Å²) in [5.41, 5.74) is 3.75. The second kappa shape index (κ2) is 11.7. The minimum atomic E-state index is -0.818. The molecule has 7 heteroatoms. The summed E-state index contributed by atoms with van der Waals surface area (Å²) in [5.74, 6) is -0.0543. The molecule has 0 aliphatic carbocycles. The maximum absolute atomic E-state index is 12.4. The normalized spacial score (nSPS) is 12.8. The number of amides is 1. The summed E-state index contributed by atoms with van der Waals surface area (Å²) in [4.78, 5) is 26.6. The quantitative estimate of drug-likeness (QED) is 0.236. The van der Waals surface area contributed by atoms with Crippen LogP contribution in [0.5, 0.6) is 5.75 Å². The fraction of sp³-hybridized carbons (Fsp3) is 0.241. The zero-order chi connectivity index (χ0) is 25.5. The summed E-state index contributed by atoms with van der Waals surface area (Å²) in [6, 6.07) is 24.0. The molecule has 7 nitrogen and oxygen atoms in total. The van der Waals surface area contributed by atoms with Crippen LogP contribution in [0.3, 0.4) is 0 Å². The summed E-state index contributed by atoms with van der Waals surface area (Å²) in [6.45, 7) is 2.86. The zero-order valence-electron chi connectivity index (χ0n) is 20.2. The van der Waals surface area contributed by atoms with Crippen LogP contribution in [0.15, 0.2) is 83.7 Å². The molecule has 1 amide bonds. The molecule has 0 saturated carbocycles. The van der Waals surface area contributed by atoms with Gasteiger partial charge in [0.15, 0.2) is 0 Å². The van der Waals surface area contributed by atoms with Crippen molar-refractivity contribution in [1.82, 2.24) is 15.6 Å². The highest BCUT2D eigenvalue weighted by molar-refractivity contribution is 5.87. The van der Waals surface area contributed by atoms with Gasteiger partial charge in [-0.15, -0.1) is 0 Å². The van der Waals surface area contributed by atoms with Gasteiger partial charge in [-0.25, -0.2) is 0 Å². The number of aliphatic hydroxyl groups is 1. The van der Waals surface area contributed by atoms with Crippen LogP contribution in [-0.4, -0.2) is 33.7 Å². The first-order chi connectivity index (χ1) is 17.4. The first-order valence-corrected chi connectivity index (χ1v) is 12.0. The third-order valence-corrected chi connectivity index (χ3v) is 6.16. The van der Waals surface area contributed by atoms with E-state index in [2.05, 4.69) is 15.6 Å². The van der Waals surface area contributed by atoms with Gasteiger partial charge in [-0.3, -0.25) is 9.59 Å². The monoisotopic (exact) mass is 485 g/mol. The van der Waals surface area contributed by atoms with Crippen LogP contribution in [0.25, 0.3) is 10.9 Å². The molecule has 36 heavy (non-hydrogen) atoms. The Kier molecular flexibility index (Phi) is 8.15. The number of aliphatic hydroxyl groups excluding tert-OH is 1. The number of aromatic amines is 1. The number of aromatic nitrogens is 1. The number of phenolic OH excluding ortho intramolecular Hbond substituents is 1. The standard InChI is InChI=1S/C29H31N3O4/c1-19(30-18-26(34)23-10-12-25(33)29-24(23)11-13-27(35)32-29)14-21-8-5-9-22(15-21)16-28(36)31-17-20-6-3-2-4-7-20/h2-13,15,19,26,30,33-34H,14,16-18H2,1H3,(H,31,36)(H,32,35)/t19-,26+/m1/s1. The van der Waals surface area contributed by atoms with Gasteiger partial charge in [0.1, 0.15) is 5.75 Å². The van der Waals surface area contributed by atoms with Crippen molar-refractivity contribution >= 4 is 16.8 Å². The number of fused-ring (bicyclic) bond motifs is 1. The van der Waals surface area contributed by atoms with Gasteiger partial charge in [-0.05, 0) is 47.7 Å². The molecular formula is C29H31N3O4. The highest BCUT2D eigenvalue weighted by atomic mass is 16.3. The lowest BCUT2D eigenvalue weighted by Gasteiger charge is -2.19. The van der Waals surface area contributed by atoms with E-state index >= 15 is 0 Å². The van der Waals surface area contributed by atoms with Crippen LogP contribution in [0.1, 0.15) is 35.3 Å². The topological polar surface area (TPSA) is 114 Å². The van der Waals surface area contributed by atoms with E-state index in [0.717, 1.165) is 23.1 Å². The van der Waals surface area contributed by atoms with E-state index < -0.39 is 6.10 Å². The Morgan fingerprint density at radius 2 is 1.69 bits per heavy atom. The van der Waals surface area contributed by atoms with Crippen LogP contribution in [0.2, 0.25) is 0 Å². The van der Waals surface area contributed by atoms with Crippen molar-refractivity contribution in [3.8, 4) is 5.75 Å². The van der Waals surface area contributed by atoms with Crippen molar-refractivity contribution in [2.24, 2.45) is 0 Å². The molecule has 0 spiro atoms. The van der Waals surface area contributed by atoms with Gasteiger partial charge in [0.05, 0.1) is 18.0 Å². The number of benzene rings is 3. The number of pyridine rings is 1. The largest absolute Gasteiger partial charge is 0.506 e. The molecule has 0 bridgehead atoms. The highest BCUT2D eigenvalue weighted by Crippen LogP contribution is 2.28. The smallest absolute Gasteiger partial charge is 0.248 e. The predicted octanol–water partition coefficient (Wildman–Crippen LogP) is 3.35. The Bertz CT molecular complexity index is 1380. The van der Waals surface area contributed by atoms with Crippen molar-refractivity contribution in [3.63, 3.8) is 0 Å². The van der Waals surface area contributed by atoms with Gasteiger partial charge < -0.3 is 25.8 Å². The minimum absolute atomic E-state index is 0.0206. The Labute approximate surface area is 209 Å². The van der Waals surface area contributed by atoms with Crippen LogP contribution < -0.4 is 16.2 Å². The second-order valence-electron chi connectivity index (χ2n) is 9.07. The fourth-order valence-electron chi connectivity index (χ4n) is 4.31. The summed E-state index contributed by atoms with van der Waals surface area (Å²) < 4.78 is 0. The lowest BCUT2D eigenvalue weighted by molar-refractivity contribution is -0.120. The molecule has 1 heterocycles. The Morgan fingerprint density at radius 1 is 0.944 bits per heavy atom. The van der Waals surface area contributed by atoms with Crippen molar-refractivity contribution in [3.05, 3.63) is 111 Å². The molecule has 0 aliphatic rings. The Hall–Kier alpha value is -3.94. The van der Waals surface area contributed by atoms with Crippen molar-refractivity contribution in [2.75, 3.05) is 6.54 Å². The third kappa shape index (κ3) is 6.59. The minimum Gasteiger partial charge on any atom is -0.506 e. The Morgan fingerprint density at radius 3 is 2.50 bits per heavy atom. The average molecular weight is 486 g/mol. The number of hydrogen-bond donors (Lipinski definition) is 5. The van der Waals surface area contributed by atoms with Gasteiger partial charge >= 0.3 is 0 Å². The van der Waals surface area contributed by atoms with Gasteiger partial charge in [0, 0.05) is 30.6 Å². The number of nitrogens with one attached hydrogen (secondary N) is 3. The Balaban J connectivity index is 1.31. The lowest BCUT2D eigenvalue weighted by atomic mass is 10.0. The molecule has 0 saturated heterocycles. The van der Waals surface area contributed by atoms with Crippen molar-refractivity contribution in [2.45, 2.75) is 38.5 Å². The van der Waals surface area contributed by atoms with Crippen LogP contribution in [0.4, 0.5) is 0 Å². The number of aromatic hydroxyl groups is 1. The van der Waals surface area contributed by atoms with Gasteiger partial charge in [-0.2, -0.15) is 0 Å². The van der Waals surface area contributed by atoms with E-state index in [4.69, 9.17) is 0 Å². The molecule has 0 aliphatic heterocycles. The molecule has 186 valence electrons. The van der Waals surface area contributed by atoms with E-state index in [1.165, 1.54) is 12.1 Å². The second-order valence-corrected chi connectivity index (χ2v) is 9.07. The summed E-state index contributed by atoms with van der Waals surface area (Å²) in [6.07, 6.45) is 0.230. The third-order valence-electron chi connectivity index (χ3n) is 6.16. The number of phenols is 1. The summed E-state index contributed by atoms with van der Waals surface area (Å²) in [7, 11) is 0. The molecule has 0 fully saturated rings. The number of carbonyl (C=O) groups is 1. The fourth-order valence-corrected chi connectivity index (χ4v) is 4.31. The number of rotatable bonds is 10. The predicted molar refractivity (Wildman–Crippen MR) is 141 cm³/mol. The first-order valence-electron chi connectivity index (χ1n) is 12.0. The zero-order valence-corrected chi connectivity index (χ0v) is 20.2. The highest BCUT2D eigenvalue weighted by Gasteiger charge is 2.15. The van der Waals surface area contributed by atoms with Crippen LogP contribution >= 0.6 is 0 Å². The molecule has 2 atom stereocenters. The molecule has 4 rings (SSSR count). The molecule has 3 aromatic carbocycles. The number of H-pyrrole nitrogens is 1. The van der Waals surface area contributed by atoms with E-state index in [0.29, 0.717) is 36.0 Å². The van der Waals surface area contributed by atoms with E-state index in [1.807, 2.05) is 61.5 Å². The molecule has 4 aromatic rings. The molecule has 5 N–H and O–H groups in total. The number of carbonyl (C=O) groups excluding carboxylic acids is 1. The average Bonchev–Trinajstić information content (AvgIpc) is 2.87. The summed E-state index contributed by atoms with van der Waals surface area (Å²) in [5, 5.41) is 27.8. The van der Waals surface area contributed by atoms with Crippen molar-refractivity contribution < 1.29 is 15.0 Å². The number of hydrogen-bond acceptors (Lipinski definition) is 5. The first kappa shape index (κ1) is 25.2. The van der Waals surface area contributed by atoms with Crippen LogP contribution in [-0.2, 0) is 24.2 Å². The van der Waals surface area contributed by atoms with Gasteiger partial charge in [0.2, 0.25) is 11.5 Å². The van der Waals surface area contributed by atoms with Gasteiger partial charge in [-0.1, -0.05) is 60.7 Å². The molecular weight excluding hydrogens is 454 g/mol. The summed E-state index contributed by atoms with van der Waals surface area (Å²) >= 11 is 0. The van der Waals surface area contributed by atoms with E-state index in [-0.39, 0.29) is 23.3 Å². The molecule has 0 unspecified atom stereocenters.